The lowest BCUT2D eigenvalue weighted by molar-refractivity contribution is 0.601. The van der Waals surface area contributed by atoms with Gasteiger partial charge in [-0.1, -0.05) is 30.3 Å². The summed E-state index contributed by atoms with van der Waals surface area (Å²) >= 11 is 0. The third-order valence-electron chi connectivity index (χ3n) is 3.66. The van der Waals surface area contributed by atoms with E-state index in [1.54, 1.807) is 36.7 Å². The van der Waals surface area contributed by atoms with Crippen LogP contribution >= 0.6 is 0 Å². The minimum absolute atomic E-state index is 0.172. The molecule has 1 N–H and O–H groups in total. The molecule has 2 aromatic heterocycles. The standard InChI is InChI=1S/C17H13N5O2S/c23-25(24,15-7-6-13-4-1-2-5-14(13)10-15)21-16-11-17(19-12-18-16)22-9-3-8-20-22/h1-12H,(H,18,19,21). The Kier molecular flexibility index (Phi) is 3.66. The summed E-state index contributed by atoms with van der Waals surface area (Å²) in [6.07, 6.45) is 4.61. The van der Waals surface area contributed by atoms with Crippen LogP contribution in [0.5, 0.6) is 0 Å². The number of hydrogen-bond acceptors (Lipinski definition) is 5. The Morgan fingerprint density at radius 1 is 0.920 bits per heavy atom. The number of benzene rings is 2. The van der Waals surface area contributed by atoms with Crippen molar-refractivity contribution in [3.05, 3.63) is 73.3 Å². The summed E-state index contributed by atoms with van der Waals surface area (Å²) in [6.45, 7) is 0. The first-order valence-electron chi connectivity index (χ1n) is 7.45. The zero-order valence-electron chi connectivity index (χ0n) is 12.9. The molecule has 4 rings (SSSR count). The molecule has 7 nitrogen and oxygen atoms in total. The van der Waals surface area contributed by atoms with Gasteiger partial charge in [0.05, 0.1) is 4.90 Å². The van der Waals surface area contributed by atoms with Gasteiger partial charge in [-0.15, -0.1) is 0 Å². The SMILES string of the molecule is O=S(=O)(Nc1cc(-n2cccn2)ncn1)c1ccc2ccccc2c1. The number of rotatable bonds is 4. The normalized spacial score (nSPS) is 11.5. The first-order chi connectivity index (χ1) is 12.1. The highest BCUT2D eigenvalue weighted by Gasteiger charge is 2.16. The lowest BCUT2D eigenvalue weighted by Crippen LogP contribution is -2.14. The molecule has 0 saturated heterocycles. The smallest absolute Gasteiger partial charge is 0.263 e. The lowest BCUT2D eigenvalue weighted by atomic mass is 10.1. The number of anilines is 1. The second kappa shape index (κ2) is 5.99. The topological polar surface area (TPSA) is 89.8 Å². The van der Waals surface area contributed by atoms with Crippen molar-refractivity contribution in [1.29, 1.82) is 0 Å². The average molecular weight is 351 g/mol. The van der Waals surface area contributed by atoms with Crippen LogP contribution < -0.4 is 4.72 Å². The van der Waals surface area contributed by atoms with Crippen molar-refractivity contribution in [1.82, 2.24) is 19.7 Å². The maximum atomic E-state index is 12.6. The first kappa shape index (κ1) is 15.3. The molecule has 124 valence electrons. The Hall–Kier alpha value is -3.26. The molecule has 4 aromatic rings. The molecule has 2 heterocycles. The summed E-state index contributed by atoms with van der Waals surface area (Å²) < 4.78 is 29.3. The molecule has 0 atom stereocenters. The van der Waals surface area contributed by atoms with Crippen LogP contribution in [0.3, 0.4) is 0 Å². The summed E-state index contributed by atoms with van der Waals surface area (Å²) in [7, 11) is -3.76. The maximum Gasteiger partial charge on any atom is 0.263 e. The quantitative estimate of drug-likeness (QED) is 0.610. The summed E-state index contributed by atoms with van der Waals surface area (Å²) in [5.74, 6) is 0.643. The van der Waals surface area contributed by atoms with Crippen molar-refractivity contribution in [2.75, 3.05) is 4.72 Å². The predicted octanol–water partition coefficient (Wildman–Crippen LogP) is 2.62. The van der Waals surface area contributed by atoms with Gasteiger partial charge in [-0.3, -0.25) is 4.72 Å². The van der Waals surface area contributed by atoms with Crippen molar-refractivity contribution >= 4 is 26.6 Å². The molecule has 0 unspecified atom stereocenters. The van der Waals surface area contributed by atoms with Crippen molar-refractivity contribution in [2.24, 2.45) is 0 Å². The first-order valence-corrected chi connectivity index (χ1v) is 8.94. The van der Waals surface area contributed by atoms with E-state index in [4.69, 9.17) is 0 Å². The van der Waals surface area contributed by atoms with E-state index in [1.807, 2.05) is 24.3 Å². The molecular formula is C17H13N5O2S. The molecule has 8 heteroatoms. The van der Waals surface area contributed by atoms with Gasteiger partial charge in [-0.2, -0.15) is 5.10 Å². The van der Waals surface area contributed by atoms with E-state index >= 15 is 0 Å². The van der Waals surface area contributed by atoms with E-state index in [1.165, 1.54) is 17.1 Å². The monoisotopic (exact) mass is 351 g/mol. The molecule has 0 spiro atoms. The molecule has 2 aromatic carbocycles. The zero-order valence-corrected chi connectivity index (χ0v) is 13.8. The molecule has 0 amide bonds. The highest BCUT2D eigenvalue weighted by Crippen LogP contribution is 2.21. The molecular weight excluding hydrogens is 338 g/mol. The van der Waals surface area contributed by atoms with Gasteiger partial charge in [0.15, 0.2) is 5.82 Å². The Labute approximate surface area is 144 Å². The molecule has 0 aliphatic rings. The van der Waals surface area contributed by atoms with Crippen LogP contribution in [-0.2, 0) is 10.0 Å². The van der Waals surface area contributed by atoms with Crippen LogP contribution in [0, 0.1) is 0 Å². The van der Waals surface area contributed by atoms with Gasteiger partial charge in [0.1, 0.15) is 12.1 Å². The minimum Gasteiger partial charge on any atom is -0.263 e. The van der Waals surface area contributed by atoms with Crippen molar-refractivity contribution in [3.8, 4) is 5.82 Å². The molecule has 0 aliphatic heterocycles. The number of nitrogens with zero attached hydrogens (tertiary/aromatic N) is 4. The second-order valence-corrected chi connectivity index (χ2v) is 7.01. The van der Waals surface area contributed by atoms with Crippen molar-refractivity contribution in [2.45, 2.75) is 4.90 Å². The summed E-state index contributed by atoms with van der Waals surface area (Å²) in [5.41, 5.74) is 0. The molecule has 25 heavy (non-hydrogen) atoms. The van der Waals surface area contributed by atoms with E-state index in [2.05, 4.69) is 19.8 Å². The Morgan fingerprint density at radius 3 is 2.56 bits per heavy atom. The Balaban J connectivity index is 1.68. The van der Waals surface area contributed by atoms with Gasteiger partial charge in [0.25, 0.3) is 10.0 Å². The van der Waals surface area contributed by atoms with Gasteiger partial charge in [-0.05, 0) is 29.0 Å². The second-order valence-electron chi connectivity index (χ2n) is 5.33. The van der Waals surface area contributed by atoms with Gasteiger partial charge in [0, 0.05) is 18.5 Å². The summed E-state index contributed by atoms with van der Waals surface area (Å²) in [6, 6.07) is 15.8. The Bertz CT molecular complexity index is 1140. The number of nitrogens with one attached hydrogen (secondary N) is 1. The van der Waals surface area contributed by atoms with Crippen molar-refractivity contribution in [3.63, 3.8) is 0 Å². The van der Waals surface area contributed by atoms with Crippen LogP contribution in [0.1, 0.15) is 0 Å². The number of sulfonamides is 1. The third kappa shape index (κ3) is 3.07. The Morgan fingerprint density at radius 2 is 1.76 bits per heavy atom. The van der Waals surface area contributed by atoms with Crippen LogP contribution in [-0.4, -0.2) is 28.2 Å². The highest BCUT2D eigenvalue weighted by molar-refractivity contribution is 7.92. The largest absolute Gasteiger partial charge is 0.263 e. The van der Waals surface area contributed by atoms with Gasteiger partial charge >= 0.3 is 0 Å². The summed E-state index contributed by atoms with van der Waals surface area (Å²) in [5, 5.41) is 5.89. The zero-order chi connectivity index (χ0) is 17.3. The predicted molar refractivity (Wildman–Crippen MR) is 93.9 cm³/mol. The maximum absolute atomic E-state index is 12.6. The number of fused-ring (bicyclic) bond motifs is 1. The highest BCUT2D eigenvalue weighted by atomic mass is 32.2. The fourth-order valence-corrected chi connectivity index (χ4v) is 3.50. The third-order valence-corrected chi connectivity index (χ3v) is 5.01. The fourth-order valence-electron chi connectivity index (χ4n) is 2.46. The van der Waals surface area contributed by atoms with E-state index in [9.17, 15) is 8.42 Å². The van der Waals surface area contributed by atoms with Crippen LogP contribution in [0.15, 0.2) is 78.2 Å². The van der Waals surface area contributed by atoms with Crippen LogP contribution in [0.4, 0.5) is 5.82 Å². The lowest BCUT2D eigenvalue weighted by Gasteiger charge is -2.09. The van der Waals surface area contributed by atoms with Gasteiger partial charge < -0.3 is 0 Å². The minimum atomic E-state index is -3.76. The molecule has 0 radical (unpaired) electrons. The van der Waals surface area contributed by atoms with E-state index in [0.717, 1.165) is 10.8 Å². The average Bonchev–Trinajstić information content (AvgIpc) is 3.16. The molecule has 0 bridgehead atoms. The number of hydrogen-bond donors (Lipinski definition) is 1. The molecule has 0 aliphatic carbocycles. The van der Waals surface area contributed by atoms with Crippen LogP contribution in [0.25, 0.3) is 16.6 Å². The van der Waals surface area contributed by atoms with Crippen LogP contribution in [0.2, 0.25) is 0 Å². The van der Waals surface area contributed by atoms with E-state index in [0.29, 0.717) is 5.82 Å². The number of aromatic nitrogens is 4. The summed E-state index contributed by atoms with van der Waals surface area (Å²) in [4.78, 5) is 8.23. The molecule has 0 saturated carbocycles. The van der Waals surface area contributed by atoms with Gasteiger partial charge in [-0.25, -0.2) is 23.1 Å². The fraction of sp³-hybridized carbons (Fsp3) is 0. The van der Waals surface area contributed by atoms with E-state index in [-0.39, 0.29) is 10.7 Å². The van der Waals surface area contributed by atoms with E-state index < -0.39 is 10.0 Å². The van der Waals surface area contributed by atoms with Crippen molar-refractivity contribution < 1.29 is 8.42 Å². The van der Waals surface area contributed by atoms with Gasteiger partial charge in [0.2, 0.25) is 0 Å². The molecule has 0 fully saturated rings.